The summed E-state index contributed by atoms with van der Waals surface area (Å²) in [6.45, 7) is 8.56. The summed E-state index contributed by atoms with van der Waals surface area (Å²) in [5.74, 6) is -7.29. The van der Waals surface area contributed by atoms with E-state index in [1.165, 1.54) is 123 Å². The minimum atomic E-state index is -5.05. The number of hydrazine groups is 1. The molecule has 28 nitrogen and oxygen atoms in total. The summed E-state index contributed by atoms with van der Waals surface area (Å²) in [7, 11) is 0. The Bertz CT molecular complexity index is 6380. The molecule has 0 saturated carbocycles. The maximum Gasteiger partial charge on any atom is 0.434 e. The van der Waals surface area contributed by atoms with Crippen LogP contribution in [0.5, 0.6) is 0 Å². The molecule has 8 aromatic heterocycles. The van der Waals surface area contributed by atoms with E-state index in [4.69, 9.17) is 77.4 Å². The highest BCUT2D eigenvalue weighted by molar-refractivity contribution is 7.80. The van der Waals surface area contributed by atoms with Gasteiger partial charge in [-0.1, -0.05) is 139 Å². The van der Waals surface area contributed by atoms with Gasteiger partial charge in [0.15, 0.2) is 44.4 Å². The van der Waals surface area contributed by atoms with E-state index >= 15 is 0 Å². The molecular weight excluding hydrogens is 1830 g/mol. The SMILES string of the molecule is CC(=O)NNC(=O)c1c(-c2c(F)cccc2Cl)noc1-c1cnn(-c2cccc(NC(C)=O)c2)c1C(F)(F)F.CC(=O)Nc1cccc(-n2ncc(-c3onc(-c4c(F)cccc4Cl)c3-c3nnc(C)s3)c2C(F)(F)F)c1.CC(=S)Nc1cccc(-n2ncc(-c3onc(-c4c(F)cccc4Cl)c3-c3nnc(C)s3)c2C(F)(F)F)c1.O=C(OO)c1cccc(Cl)c1. The maximum absolute atomic E-state index is 14.9. The molecule has 0 atom stereocenters. The summed E-state index contributed by atoms with van der Waals surface area (Å²) >= 11 is 31.3. The number of anilines is 3. The molecule has 648 valence electrons. The van der Waals surface area contributed by atoms with E-state index in [0.29, 0.717) is 35.1 Å². The van der Waals surface area contributed by atoms with Gasteiger partial charge in [-0.25, -0.2) is 32.0 Å². The van der Waals surface area contributed by atoms with E-state index in [1.807, 2.05) is 10.9 Å². The fourth-order valence-electron chi connectivity index (χ4n) is 12.1. The van der Waals surface area contributed by atoms with Crippen LogP contribution in [0.3, 0.4) is 0 Å². The molecule has 0 spiro atoms. The number of benzene rings is 7. The van der Waals surface area contributed by atoms with Crippen molar-refractivity contribution < 1.29 is 100 Å². The molecule has 0 aliphatic rings. The average Bonchev–Trinajstić information content (AvgIpc) is 1.60. The van der Waals surface area contributed by atoms with E-state index in [9.17, 15) is 76.7 Å². The number of nitrogens with zero attached hydrogens (tertiary/aromatic N) is 13. The summed E-state index contributed by atoms with van der Waals surface area (Å²) in [6, 6.07) is 35.0. The van der Waals surface area contributed by atoms with Gasteiger partial charge in [-0.2, -0.15) is 60.1 Å². The van der Waals surface area contributed by atoms with Crippen molar-refractivity contribution in [3.8, 4) is 106 Å². The number of carbonyl (C=O) groups excluding carboxylic acids is 5. The van der Waals surface area contributed by atoms with Gasteiger partial charge in [0.2, 0.25) is 17.7 Å². The number of aromatic nitrogens is 13. The number of rotatable bonds is 16. The predicted molar refractivity (Wildman–Crippen MR) is 442 cm³/mol. The highest BCUT2D eigenvalue weighted by atomic mass is 35.5. The van der Waals surface area contributed by atoms with Gasteiger partial charge in [-0.15, -0.1) is 20.4 Å². The summed E-state index contributed by atoms with van der Waals surface area (Å²) in [4.78, 5) is 61.8. The molecule has 47 heteroatoms. The summed E-state index contributed by atoms with van der Waals surface area (Å²) in [5.41, 5.74) is -2.09. The first-order valence-electron chi connectivity index (χ1n) is 35.4. The van der Waals surface area contributed by atoms with Crippen LogP contribution in [0, 0.1) is 31.3 Å². The Morgan fingerprint density at radius 3 is 1.14 bits per heavy atom. The third-order valence-corrected chi connectivity index (χ3v) is 20.0. The van der Waals surface area contributed by atoms with Gasteiger partial charge in [0.25, 0.3) is 5.91 Å². The van der Waals surface area contributed by atoms with Crippen molar-refractivity contribution in [2.45, 2.75) is 60.1 Å². The molecule has 0 fully saturated rings. The highest BCUT2D eigenvalue weighted by Gasteiger charge is 2.46. The van der Waals surface area contributed by atoms with Crippen LogP contribution in [0.25, 0.3) is 106 Å². The Labute approximate surface area is 732 Å². The van der Waals surface area contributed by atoms with Crippen LogP contribution in [0.4, 0.5) is 69.7 Å². The number of carbonyl (C=O) groups is 5. The number of amides is 4. The van der Waals surface area contributed by atoms with Gasteiger partial charge in [0.1, 0.15) is 50.1 Å². The Morgan fingerprint density at radius 1 is 0.444 bits per heavy atom. The monoisotopic (exact) mass is 1880 g/mol. The third-order valence-electron chi connectivity index (χ3n) is 17.0. The van der Waals surface area contributed by atoms with Crippen LogP contribution in [0.1, 0.15) is 75.5 Å². The van der Waals surface area contributed by atoms with Crippen LogP contribution in [0.2, 0.25) is 20.1 Å². The van der Waals surface area contributed by atoms with E-state index in [0.717, 1.165) is 71.1 Å². The average molecular weight is 1880 g/mol. The normalized spacial score (nSPS) is 11.3. The third kappa shape index (κ3) is 20.6. The van der Waals surface area contributed by atoms with Crippen molar-refractivity contribution in [1.82, 2.24) is 76.1 Å². The van der Waals surface area contributed by atoms with Crippen LogP contribution in [-0.4, -0.2) is 105 Å². The fourth-order valence-corrected chi connectivity index (χ4v) is 14.6. The van der Waals surface area contributed by atoms with Gasteiger partial charge in [0.05, 0.1) is 106 Å². The number of hydrogen-bond acceptors (Lipinski definition) is 23. The smallest absolute Gasteiger partial charge is 0.355 e. The molecule has 0 saturated heterocycles. The molecule has 0 aliphatic heterocycles. The topological polar surface area (TPSA) is 358 Å². The Hall–Kier alpha value is -13.6. The number of nitrogens with one attached hydrogen (secondary N) is 5. The Balaban J connectivity index is 0.000000162. The molecular formula is C79H52Cl4F12N18O10S3. The predicted octanol–water partition coefficient (Wildman–Crippen LogP) is 21.1. The van der Waals surface area contributed by atoms with Crippen molar-refractivity contribution in [2.75, 3.05) is 16.0 Å². The lowest BCUT2D eigenvalue weighted by Gasteiger charge is -2.13. The number of thiocarbonyl (C=S) groups is 1. The molecule has 0 unspecified atom stereocenters. The number of alkyl halides is 9. The quantitative estimate of drug-likeness (QED) is 0.0226. The molecule has 0 bridgehead atoms. The number of hydrogen-bond donors (Lipinski definition) is 6. The molecule has 4 amide bonds. The number of aryl methyl sites for hydroxylation is 2. The Morgan fingerprint density at radius 2 is 0.802 bits per heavy atom. The van der Waals surface area contributed by atoms with Crippen LogP contribution >= 0.6 is 81.3 Å². The molecule has 7 aromatic carbocycles. The first kappa shape index (κ1) is 91.6. The molecule has 15 rings (SSSR count). The van der Waals surface area contributed by atoms with Gasteiger partial charge in [-0.3, -0.25) is 34.9 Å². The van der Waals surface area contributed by atoms with E-state index in [-0.39, 0.29) is 104 Å². The first-order chi connectivity index (χ1) is 59.7. The van der Waals surface area contributed by atoms with Crippen molar-refractivity contribution >= 4 is 133 Å². The molecule has 6 N–H and O–H groups in total. The van der Waals surface area contributed by atoms with Crippen LogP contribution in [-0.2, 0) is 37.8 Å². The van der Waals surface area contributed by atoms with Crippen LogP contribution in [0.15, 0.2) is 184 Å². The lowest BCUT2D eigenvalue weighted by molar-refractivity contribution is -0.182. The largest absolute Gasteiger partial charge is 0.434 e. The number of halogens is 16. The molecule has 0 radical (unpaired) electrons. The summed E-state index contributed by atoms with van der Waals surface area (Å²) < 4.78 is 193. The standard InChI is InChI=1S/C24H17ClF4N6O4.C24H15ClF4N6O2S.C24H15ClF4N6OS2.C7H5ClO3/c1-11(36)31-13-5-3-6-14(9-13)35-22(24(27,28)29)15(10-30-35)21-19(23(38)33-32-12(2)37)20(34-39-21)18-16(25)7-4-8-17(18)26;1-11(36)31-13-5-3-6-14(9-13)35-22(24(27,28)29)15(10-30-35)21-19(23-33-32-12(2)38-23)20(34-37-21)18-16(25)7-4-8-17(18)26;1-11(37)31-13-5-3-6-14(9-13)35-22(24(27,28)29)15(10-30-35)21-19(23-33-32-12(2)38-23)20(34-36-21)18-16(25)7-4-8-17(18)26;8-6-3-1-2-5(4-6)7(9)11-10/h3-10H,1-2H3,(H,31,36)(H,32,37)(H,33,38);3-10H,1-2H3,(H,31,36);3-10H,1-2H3,(H,31,37);1-4,10H. The maximum atomic E-state index is 14.9. The van der Waals surface area contributed by atoms with Crippen molar-refractivity contribution in [1.29, 1.82) is 0 Å². The molecule has 126 heavy (non-hydrogen) atoms. The minimum absolute atomic E-state index is 0.00256. The second kappa shape index (κ2) is 38.3. The first-order valence-corrected chi connectivity index (χ1v) is 39.0. The van der Waals surface area contributed by atoms with Gasteiger partial charge < -0.3 is 29.5 Å². The molecule has 15 aromatic rings. The second-order valence-corrected chi connectivity index (χ2v) is 30.6. The summed E-state index contributed by atoms with van der Waals surface area (Å²) in [6.07, 6.45) is -12.1. The van der Waals surface area contributed by atoms with E-state index in [2.05, 4.69) is 72.0 Å². The molecule has 0 aliphatic carbocycles. The zero-order valence-electron chi connectivity index (χ0n) is 64.4. The lowest BCUT2D eigenvalue weighted by Crippen LogP contribution is -2.40. The summed E-state index contributed by atoms with van der Waals surface area (Å²) in [5, 5.41) is 56.8. The van der Waals surface area contributed by atoms with Gasteiger partial charge >= 0.3 is 24.5 Å². The minimum Gasteiger partial charge on any atom is -0.355 e. The van der Waals surface area contributed by atoms with E-state index in [1.54, 1.807) is 45.0 Å². The fraction of sp³-hybridized carbons (Fsp3) is 0.114. The van der Waals surface area contributed by atoms with Crippen LogP contribution < -0.4 is 26.8 Å². The van der Waals surface area contributed by atoms with Crippen molar-refractivity contribution in [2.24, 2.45) is 0 Å². The van der Waals surface area contributed by atoms with Crippen molar-refractivity contribution in [3.63, 3.8) is 0 Å². The molecule has 8 heterocycles. The van der Waals surface area contributed by atoms with Gasteiger partial charge in [0, 0.05) is 42.9 Å². The lowest BCUT2D eigenvalue weighted by atomic mass is 10.0. The Kier molecular flexibility index (Phi) is 27.8. The zero-order chi connectivity index (χ0) is 91.1. The second-order valence-electron chi connectivity index (χ2n) is 25.9. The van der Waals surface area contributed by atoms with Gasteiger partial charge in [-0.05, 0) is 130 Å². The zero-order valence-corrected chi connectivity index (χ0v) is 69.8. The van der Waals surface area contributed by atoms with Crippen molar-refractivity contribution in [3.05, 3.63) is 246 Å². The van der Waals surface area contributed by atoms with E-state index < -0.39 is 122 Å². The highest BCUT2D eigenvalue weighted by Crippen LogP contribution is 2.51.